The van der Waals surface area contributed by atoms with Crippen LogP contribution in [0.5, 0.6) is 0 Å². The van der Waals surface area contributed by atoms with Crippen molar-refractivity contribution in [2.45, 2.75) is 50.2 Å². The van der Waals surface area contributed by atoms with Crippen molar-refractivity contribution in [3.05, 3.63) is 48.3 Å². The Hall–Kier alpha value is -2.87. The molecule has 0 bridgehead atoms. The molecule has 3 N–H and O–H groups in total. The molecule has 1 aromatic heterocycles. The second-order valence-electron chi connectivity index (χ2n) is 7.90. The molecule has 2 aromatic rings. The molecule has 1 heterocycles. The second kappa shape index (κ2) is 8.24. The van der Waals surface area contributed by atoms with Crippen molar-refractivity contribution in [3.63, 3.8) is 0 Å². The van der Waals surface area contributed by atoms with Crippen LogP contribution in [-0.2, 0) is 4.79 Å². The summed E-state index contributed by atoms with van der Waals surface area (Å²) < 4.78 is 1.86. The van der Waals surface area contributed by atoms with Crippen molar-refractivity contribution >= 4 is 12.0 Å². The first kappa shape index (κ1) is 19.4. The maximum atomic E-state index is 12.3. The molecule has 2 saturated carbocycles. The van der Waals surface area contributed by atoms with E-state index in [1.54, 1.807) is 0 Å². The van der Waals surface area contributed by atoms with Crippen molar-refractivity contribution in [1.29, 1.82) is 0 Å². The van der Waals surface area contributed by atoms with Gasteiger partial charge in [-0.2, -0.15) is 5.10 Å². The predicted octanol–water partition coefficient (Wildman–Crippen LogP) is 1.96. The van der Waals surface area contributed by atoms with Gasteiger partial charge >= 0.3 is 12.0 Å². The molecule has 2 aliphatic carbocycles. The van der Waals surface area contributed by atoms with Crippen molar-refractivity contribution in [2.75, 3.05) is 13.1 Å². The Balaban J connectivity index is 1.21. The lowest BCUT2D eigenvalue weighted by Crippen LogP contribution is -2.56. The molecule has 8 nitrogen and oxygen atoms in total. The maximum absolute atomic E-state index is 12.3. The van der Waals surface area contributed by atoms with Gasteiger partial charge in [-0.05, 0) is 43.5 Å². The molecule has 2 fully saturated rings. The van der Waals surface area contributed by atoms with Crippen molar-refractivity contribution in [2.24, 2.45) is 0 Å². The first-order valence-corrected chi connectivity index (χ1v) is 10.2. The summed E-state index contributed by atoms with van der Waals surface area (Å²) in [7, 11) is 0. The van der Waals surface area contributed by atoms with Crippen molar-refractivity contribution < 1.29 is 14.7 Å². The molecule has 154 valence electrons. The van der Waals surface area contributed by atoms with E-state index in [9.17, 15) is 9.59 Å². The van der Waals surface area contributed by atoms with E-state index in [-0.39, 0.29) is 30.7 Å². The summed E-state index contributed by atoms with van der Waals surface area (Å²) in [5.74, 6) is -0.505. The number of nitrogens with zero attached hydrogens (tertiary/aromatic N) is 3. The van der Waals surface area contributed by atoms with Gasteiger partial charge < -0.3 is 15.7 Å². The lowest BCUT2D eigenvalue weighted by Gasteiger charge is -2.42. The lowest BCUT2D eigenvalue weighted by molar-refractivity contribution is -0.139. The van der Waals surface area contributed by atoms with Gasteiger partial charge in [-0.25, -0.2) is 9.48 Å². The topological polar surface area (TPSA) is 99.5 Å². The normalized spacial score (nSPS) is 25.3. The molecular formula is C21H27N5O3. The zero-order valence-electron chi connectivity index (χ0n) is 16.5. The van der Waals surface area contributed by atoms with Gasteiger partial charge in [-0.1, -0.05) is 25.1 Å². The smallest absolute Gasteiger partial charge is 0.317 e. The number of amides is 2. The third kappa shape index (κ3) is 4.59. The molecule has 8 heteroatoms. The number of carbonyl (C=O) groups excluding carboxylic acids is 1. The monoisotopic (exact) mass is 397 g/mol. The second-order valence-corrected chi connectivity index (χ2v) is 7.90. The van der Waals surface area contributed by atoms with Gasteiger partial charge in [0.1, 0.15) is 0 Å². The zero-order chi connectivity index (χ0) is 20.4. The fourth-order valence-electron chi connectivity index (χ4n) is 4.05. The number of para-hydroxylation sites is 1. The highest BCUT2D eigenvalue weighted by Gasteiger charge is 2.41. The Kier molecular flexibility index (Phi) is 5.53. The number of likely N-dealkylation sites (N-methyl/N-ethyl adjacent to an activating group) is 1. The quantitative estimate of drug-likeness (QED) is 0.632. The summed E-state index contributed by atoms with van der Waals surface area (Å²) >= 11 is 0. The van der Waals surface area contributed by atoms with Gasteiger partial charge in [0.15, 0.2) is 0 Å². The number of nitrogens with one attached hydrogen (secondary N) is 2. The van der Waals surface area contributed by atoms with Gasteiger partial charge in [0.05, 0.1) is 18.4 Å². The fourth-order valence-corrected chi connectivity index (χ4v) is 4.05. The van der Waals surface area contributed by atoms with Crippen LogP contribution in [0.3, 0.4) is 0 Å². The minimum atomic E-state index is -0.809. The molecule has 0 radical (unpaired) electrons. The van der Waals surface area contributed by atoms with Crippen LogP contribution < -0.4 is 10.6 Å². The Morgan fingerprint density at radius 1 is 1.21 bits per heavy atom. The van der Waals surface area contributed by atoms with E-state index in [4.69, 9.17) is 5.11 Å². The molecule has 2 atom stereocenters. The number of carboxylic acids is 1. The van der Waals surface area contributed by atoms with Gasteiger partial charge in [0.25, 0.3) is 0 Å². The highest BCUT2D eigenvalue weighted by atomic mass is 16.4. The largest absolute Gasteiger partial charge is 0.480 e. The van der Waals surface area contributed by atoms with Crippen LogP contribution in [0.1, 0.15) is 37.7 Å². The van der Waals surface area contributed by atoms with Crippen LogP contribution in [0.25, 0.3) is 5.69 Å². The highest BCUT2D eigenvalue weighted by Crippen LogP contribution is 2.40. The SMILES string of the molecule is CCN(CC(=O)O)C1CC(NC(=O)N[C@@H]2C[C@H]2c2cnn(-c3ccccc3)c2)C1. The van der Waals surface area contributed by atoms with Gasteiger partial charge in [-0.3, -0.25) is 9.69 Å². The summed E-state index contributed by atoms with van der Waals surface area (Å²) in [6.07, 6.45) is 6.41. The highest BCUT2D eigenvalue weighted by molar-refractivity contribution is 5.75. The van der Waals surface area contributed by atoms with Crippen LogP contribution in [0.15, 0.2) is 42.7 Å². The number of aromatic nitrogens is 2. The Bertz CT molecular complexity index is 862. The number of rotatable bonds is 8. The summed E-state index contributed by atoms with van der Waals surface area (Å²) in [6.45, 7) is 2.72. The number of carboxylic acid groups (broad SMARTS) is 1. The molecule has 2 amide bonds. The van der Waals surface area contributed by atoms with Crippen molar-refractivity contribution in [3.8, 4) is 5.69 Å². The van der Waals surface area contributed by atoms with E-state index in [2.05, 4.69) is 15.7 Å². The average Bonchev–Trinajstić information content (AvgIpc) is 3.25. The van der Waals surface area contributed by atoms with E-state index < -0.39 is 5.97 Å². The third-order valence-electron chi connectivity index (χ3n) is 5.87. The summed E-state index contributed by atoms with van der Waals surface area (Å²) in [4.78, 5) is 25.1. The molecular weight excluding hydrogens is 370 g/mol. The lowest BCUT2D eigenvalue weighted by atomic mass is 9.85. The molecule has 0 aliphatic heterocycles. The minimum absolute atomic E-state index is 0.0561. The summed E-state index contributed by atoms with van der Waals surface area (Å²) in [6, 6.07) is 10.3. The van der Waals surface area contributed by atoms with Crippen LogP contribution in [0.4, 0.5) is 4.79 Å². The predicted molar refractivity (Wildman–Crippen MR) is 108 cm³/mol. The first-order valence-electron chi connectivity index (χ1n) is 10.2. The molecule has 1 aromatic carbocycles. The first-order chi connectivity index (χ1) is 14.0. The molecule has 0 unspecified atom stereocenters. The zero-order valence-corrected chi connectivity index (χ0v) is 16.5. The number of carbonyl (C=O) groups is 2. The third-order valence-corrected chi connectivity index (χ3v) is 5.87. The van der Waals surface area contributed by atoms with Crippen LogP contribution in [0, 0.1) is 0 Å². The fraction of sp³-hybridized carbons (Fsp3) is 0.476. The van der Waals surface area contributed by atoms with E-state index >= 15 is 0 Å². The van der Waals surface area contributed by atoms with Gasteiger partial charge in [0, 0.05) is 30.2 Å². The number of benzene rings is 1. The van der Waals surface area contributed by atoms with E-state index in [0.717, 1.165) is 30.5 Å². The maximum Gasteiger partial charge on any atom is 0.317 e. The number of hydrogen-bond acceptors (Lipinski definition) is 4. The Morgan fingerprint density at radius 2 is 1.97 bits per heavy atom. The van der Waals surface area contributed by atoms with Crippen LogP contribution in [0.2, 0.25) is 0 Å². The molecule has 2 aliphatic rings. The Labute approximate surface area is 169 Å². The minimum Gasteiger partial charge on any atom is -0.480 e. The number of urea groups is 1. The molecule has 0 saturated heterocycles. The van der Waals surface area contributed by atoms with E-state index in [1.807, 2.05) is 59.2 Å². The van der Waals surface area contributed by atoms with Crippen molar-refractivity contribution in [1.82, 2.24) is 25.3 Å². The van der Waals surface area contributed by atoms with Crippen LogP contribution >= 0.6 is 0 Å². The average molecular weight is 397 g/mol. The standard InChI is InChI=1S/C21H27N5O3/c1-2-25(13-20(27)28)17-8-15(9-17)23-21(29)24-19-10-18(19)14-11-22-26(12-14)16-6-4-3-5-7-16/h3-7,11-12,15,17-19H,2,8-10,13H2,1H3,(H,27,28)(H2,23,24,29)/t15?,17?,18-,19+/m0/s1. The van der Waals surface area contributed by atoms with Crippen LogP contribution in [-0.4, -0.2) is 63.0 Å². The molecule has 29 heavy (non-hydrogen) atoms. The summed E-state index contributed by atoms with van der Waals surface area (Å²) in [5, 5.41) is 19.4. The van der Waals surface area contributed by atoms with E-state index in [0.29, 0.717) is 12.5 Å². The molecule has 4 rings (SSSR count). The molecule has 0 spiro atoms. The number of aliphatic carboxylic acids is 1. The summed E-state index contributed by atoms with van der Waals surface area (Å²) in [5.41, 5.74) is 2.15. The number of hydrogen-bond donors (Lipinski definition) is 3. The Morgan fingerprint density at radius 3 is 2.66 bits per heavy atom. The van der Waals surface area contributed by atoms with E-state index in [1.165, 1.54) is 0 Å². The van der Waals surface area contributed by atoms with Gasteiger partial charge in [0.2, 0.25) is 0 Å². The van der Waals surface area contributed by atoms with Gasteiger partial charge in [-0.15, -0.1) is 0 Å².